The predicted molar refractivity (Wildman–Crippen MR) is 128 cm³/mol. The smallest absolute Gasteiger partial charge is 0.269 e. The lowest BCUT2D eigenvalue weighted by Crippen LogP contribution is -2.32. The fourth-order valence-corrected chi connectivity index (χ4v) is 6.08. The van der Waals surface area contributed by atoms with E-state index in [2.05, 4.69) is 15.3 Å². The molecule has 1 atom stereocenters. The summed E-state index contributed by atoms with van der Waals surface area (Å²) < 4.78 is 0. The lowest BCUT2D eigenvalue weighted by molar-refractivity contribution is -0.384. The Hall–Kier alpha value is -3.24. The number of fused-ring (bicyclic) bond motifs is 1. The van der Waals surface area contributed by atoms with Crippen molar-refractivity contribution in [2.75, 3.05) is 5.32 Å². The molecule has 0 saturated carbocycles. The number of allylic oxidation sites excluding steroid dienone is 2. The number of aryl methyl sites for hydroxylation is 1. The molecule has 0 fully saturated rings. The molecule has 3 heterocycles. The SMILES string of the molecule is Cc1ccc(C2C3=C(CCCC3=O)Nc3nc(SCc4ccc([N+](=O)[O-])cc4)[nH]c(=O)c32)s1. The minimum Gasteiger partial charge on any atom is -0.343 e. The highest BCUT2D eigenvalue weighted by Crippen LogP contribution is 2.45. The average molecular weight is 481 g/mol. The summed E-state index contributed by atoms with van der Waals surface area (Å²) in [6, 6.07) is 10.3. The molecule has 3 aromatic rings. The Balaban J connectivity index is 1.49. The normalized spacial score (nSPS) is 17.4. The van der Waals surface area contributed by atoms with Gasteiger partial charge < -0.3 is 10.3 Å². The number of anilines is 1. The van der Waals surface area contributed by atoms with E-state index >= 15 is 0 Å². The Bertz CT molecular complexity index is 1360. The van der Waals surface area contributed by atoms with E-state index in [-0.39, 0.29) is 17.0 Å². The standard InChI is InChI=1S/C23H20N4O4S2/c1-12-5-10-17(33-12)19-18-15(3-2-4-16(18)28)24-21-20(19)22(29)26-23(25-21)32-11-13-6-8-14(9-7-13)27(30)31/h5-10,19H,2-4,11H2,1H3,(H2,24,25,26,29). The summed E-state index contributed by atoms with van der Waals surface area (Å²) in [6.45, 7) is 2.01. The van der Waals surface area contributed by atoms with Crippen LogP contribution in [0.25, 0.3) is 0 Å². The lowest BCUT2D eigenvalue weighted by atomic mass is 9.79. The molecule has 2 aromatic heterocycles. The third kappa shape index (κ3) is 4.11. The molecule has 1 aliphatic heterocycles. The number of aromatic amines is 1. The molecule has 1 aromatic carbocycles. The first-order chi connectivity index (χ1) is 15.9. The number of nitrogens with zero attached hydrogens (tertiary/aromatic N) is 2. The molecule has 2 aliphatic rings. The largest absolute Gasteiger partial charge is 0.343 e. The molecule has 0 bridgehead atoms. The van der Waals surface area contributed by atoms with E-state index in [1.807, 2.05) is 19.1 Å². The summed E-state index contributed by atoms with van der Waals surface area (Å²) in [5.74, 6) is 0.670. The minimum absolute atomic E-state index is 0.0363. The monoisotopic (exact) mass is 480 g/mol. The average Bonchev–Trinajstić information content (AvgIpc) is 3.22. The van der Waals surface area contributed by atoms with E-state index in [0.717, 1.165) is 33.9 Å². The number of benzene rings is 1. The van der Waals surface area contributed by atoms with Gasteiger partial charge in [-0.1, -0.05) is 23.9 Å². The van der Waals surface area contributed by atoms with Crippen molar-refractivity contribution in [1.82, 2.24) is 9.97 Å². The second-order valence-electron chi connectivity index (χ2n) is 8.02. The predicted octanol–water partition coefficient (Wildman–Crippen LogP) is 4.90. The van der Waals surface area contributed by atoms with E-state index in [1.165, 1.54) is 23.9 Å². The van der Waals surface area contributed by atoms with Gasteiger partial charge in [0.1, 0.15) is 5.82 Å². The number of carbonyl (C=O) groups is 1. The molecule has 0 spiro atoms. The summed E-state index contributed by atoms with van der Waals surface area (Å²) in [7, 11) is 0. The van der Waals surface area contributed by atoms with E-state index in [1.54, 1.807) is 23.5 Å². The summed E-state index contributed by atoms with van der Waals surface area (Å²) in [5.41, 5.74) is 2.68. The second kappa shape index (κ2) is 8.60. The highest BCUT2D eigenvalue weighted by atomic mass is 32.2. The zero-order valence-electron chi connectivity index (χ0n) is 17.7. The Labute approximate surface area is 197 Å². The number of nitro benzene ring substituents is 1. The summed E-state index contributed by atoms with van der Waals surface area (Å²) in [4.78, 5) is 46.1. The van der Waals surface area contributed by atoms with Gasteiger partial charge in [-0.05, 0) is 37.5 Å². The maximum Gasteiger partial charge on any atom is 0.269 e. The molecule has 1 unspecified atom stereocenters. The molecule has 0 saturated heterocycles. The van der Waals surface area contributed by atoms with Crippen LogP contribution in [-0.2, 0) is 10.5 Å². The molecule has 8 nitrogen and oxygen atoms in total. The van der Waals surface area contributed by atoms with Crippen molar-refractivity contribution in [1.29, 1.82) is 0 Å². The van der Waals surface area contributed by atoms with Crippen LogP contribution in [0.4, 0.5) is 11.5 Å². The van der Waals surface area contributed by atoms with Crippen LogP contribution in [0, 0.1) is 17.0 Å². The molecule has 2 N–H and O–H groups in total. The van der Waals surface area contributed by atoms with Crippen LogP contribution in [0.3, 0.4) is 0 Å². The van der Waals surface area contributed by atoms with Gasteiger partial charge in [0.05, 0.1) is 16.4 Å². The minimum atomic E-state index is -0.435. The molecule has 0 amide bonds. The molecule has 1 aliphatic carbocycles. The van der Waals surface area contributed by atoms with Crippen molar-refractivity contribution in [3.63, 3.8) is 0 Å². The number of ketones is 1. The van der Waals surface area contributed by atoms with E-state index < -0.39 is 10.8 Å². The topological polar surface area (TPSA) is 118 Å². The number of nitrogens with one attached hydrogen (secondary N) is 2. The quantitative estimate of drug-likeness (QED) is 0.231. The molecule has 10 heteroatoms. The zero-order chi connectivity index (χ0) is 23.1. The van der Waals surface area contributed by atoms with Crippen molar-refractivity contribution in [3.05, 3.63) is 89.0 Å². The first-order valence-electron chi connectivity index (χ1n) is 10.5. The zero-order valence-corrected chi connectivity index (χ0v) is 19.3. The van der Waals surface area contributed by atoms with Gasteiger partial charge in [-0.15, -0.1) is 11.3 Å². The van der Waals surface area contributed by atoms with Gasteiger partial charge in [-0.2, -0.15) is 0 Å². The highest BCUT2D eigenvalue weighted by molar-refractivity contribution is 7.98. The van der Waals surface area contributed by atoms with Crippen LogP contribution in [0.15, 0.2) is 57.6 Å². The Morgan fingerprint density at radius 3 is 2.67 bits per heavy atom. The number of rotatable bonds is 5. The van der Waals surface area contributed by atoms with Crippen LogP contribution in [-0.4, -0.2) is 20.7 Å². The number of aromatic nitrogens is 2. The van der Waals surface area contributed by atoms with Crippen molar-refractivity contribution in [2.45, 2.75) is 43.0 Å². The molecule has 168 valence electrons. The second-order valence-corrected chi connectivity index (χ2v) is 10.3. The third-order valence-electron chi connectivity index (χ3n) is 5.80. The number of hydrogen-bond acceptors (Lipinski definition) is 8. The van der Waals surface area contributed by atoms with E-state index in [4.69, 9.17) is 0 Å². The van der Waals surface area contributed by atoms with Gasteiger partial charge >= 0.3 is 0 Å². The number of nitro groups is 1. The van der Waals surface area contributed by atoms with Gasteiger partial charge in [0.2, 0.25) is 0 Å². The number of hydrogen-bond donors (Lipinski definition) is 2. The number of Topliss-reactive ketones (excluding diaryl/α,β-unsaturated/α-hetero) is 1. The van der Waals surface area contributed by atoms with Crippen molar-refractivity contribution >= 4 is 40.4 Å². The lowest BCUT2D eigenvalue weighted by Gasteiger charge is -2.32. The number of carbonyl (C=O) groups excluding carboxylic acids is 1. The molecule has 0 radical (unpaired) electrons. The number of thiophene rings is 1. The number of non-ortho nitro benzene ring substituents is 1. The number of thioether (sulfide) groups is 1. The highest BCUT2D eigenvalue weighted by Gasteiger charge is 2.38. The van der Waals surface area contributed by atoms with Crippen LogP contribution in [0.5, 0.6) is 0 Å². The van der Waals surface area contributed by atoms with Crippen molar-refractivity contribution in [2.24, 2.45) is 0 Å². The van der Waals surface area contributed by atoms with Crippen LogP contribution in [0.1, 0.15) is 46.1 Å². The van der Waals surface area contributed by atoms with Crippen LogP contribution < -0.4 is 10.9 Å². The van der Waals surface area contributed by atoms with Gasteiger partial charge in [-0.3, -0.25) is 19.7 Å². The maximum atomic E-state index is 13.2. The number of H-pyrrole nitrogens is 1. The summed E-state index contributed by atoms with van der Waals surface area (Å²) in [6.07, 6.45) is 2.02. The first kappa shape index (κ1) is 21.6. The Morgan fingerprint density at radius 1 is 1.18 bits per heavy atom. The van der Waals surface area contributed by atoms with Gasteiger partial charge in [0.25, 0.3) is 11.2 Å². The van der Waals surface area contributed by atoms with Crippen molar-refractivity contribution < 1.29 is 9.72 Å². The van der Waals surface area contributed by atoms with Gasteiger partial charge in [-0.25, -0.2) is 4.98 Å². The third-order valence-corrected chi connectivity index (χ3v) is 7.81. The Kier molecular flexibility index (Phi) is 5.63. The van der Waals surface area contributed by atoms with Gasteiger partial charge in [0, 0.05) is 45.3 Å². The van der Waals surface area contributed by atoms with Crippen LogP contribution in [0.2, 0.25) is 0 Å². The maximum absolute atomic E-state index is 13.2. The van der Waals surface area contributed by atoms with Crippen molar-refractivity contribution in [3.8, 4) is 0 Å². The fraction of sp³-hybridized carbons (Fsp3) is 0.261. The Morgan fingerprint density at radius 2 is 1.97 bits per heavy atom. The fourth-order valence-electron chi connectivity index (χ4n) is 4.27. The molecular weight excluding hydrogens is 460 g/mol. The van der Waals surface area contributed by atoms with E-state index in [9.17, 15) is 19.7 Å². The summed E-state index contributed by atoms with van der Waals surface area (Å²) >= 11 is 2.94. The first-order valence-corrected chi connectivity index (χ1v) is 12.3. The molecule has 33 heavy (non-hydrogen) atoms. The molecular formula is C23H20N4O4S2. The van der Waals surface area contributed by atoms with Gasteiger partial charge in [0.15, 0.2) is 10.9 Å². The van der Waals surface area contributed by atoms with E-state index in [0.29, 0.717) is 34.3 Å². The van der Waals surface area contributed by atoms with Crippen LogP contribution >= 0.6 is 23.1 Å². The molecule has 5 rings (SSSR count). The summed E-state index contributed by atoms with van der Waals surface area (Å²) in [5, 5.41) is 14.6.